The third-order valence-corrected chi connectivity index (χ3v) is 4.58. The second kappa shape index (κ2) is 4.92. The minimum absolute atomic E-state index is 0.326. The SMILES string of the molecule is Clc1cc(Cl)cc(N2CCNC3(CCCC3)C2)c1. The second-order valence-electron chi connectivity index (χ2n) is 5.46. The van der Waals surface area contributed by atoms with E-state index in [-0.39, 0.29) is 0 Å². The second-order valence-corrected chi connectivity index (χ2v) is 6.34. The fraction of sp³-hybridized carbons (Fsp3) is 0.571. The van der Waals surface area contributed by atoms with Crippen molar-refractivity contribution < 1.29 is 0 Å². The molecule has 1 spiro atoms. The van der Waals surface area contributed by atoms with Gasteiger partial charge in [-0.15, -0.1) is 0 Å². The molecule has 0 radical (unpaired) electrons. The van der Waals surface area contributed by atoms with Crippen LogP contribution in [-0.4, -0.2) is 25.2 Å². The van der Waals surface area contributed by atoms with Gasteiger partial charge in [0, 0.05) is 40.9 Å². The maximum absolute atomic E-state index is 6.09. The van der Waals surface area contributed by atoms with Crippen LogP contribution in [0.5, 0.6) is 0 Å². The molecule has 3 rings (SSSR count). The molecule has 0 aromatic heterocycles. The van der Waals surface area contributed by atoms with Gasteiger partial charge in [0.1, 0.15) is 0 Å². The number of nitrogens with zero attached hydrogens (tertiary/aromatic N) is 1. The van der Waals surface area contributed by atoms with E-state index in [1.54, 1.807) is 6.07 Å². The Bertz CT molecular complexity index is 421. The smallest absolute Gasteiger partial charge is 0.0441 e. The Morgan fingerprint density at radius 1 is 1.06 bits per heavy atom. The van der Waals surface area contributed by atoms with Gasteiger partial charge in [0.15, 0.2) is 0 Å². The summed E-state index contributed by atoms with van der Waals surface area (Å²) in [4.78, 5) is 2.42. The molecule has 2 nitrogen and oxygen atoms in total. The zero-order valence-corrected chi connectivity index (χ0v) is 11.9. The minimum Gasteiger partial charge on any atom is -0.368 e. The molecule has 1 N–H and O–H groups in total. The van der Waals surface area contributed by atoms with Crippen LogP contribution >= 0.6 is 23.2 Å². The van der Waals surface area contributed by atoms with Gasteiger partial charge in [-0.1, -0.05) is 36.0 Å². The molecule has 1 aromatic rings. The number of hydrogen-bond acceptors (Lipinski definition) is 2. The Kier molecular flexibility index (Phi) is 3.44. The van der Waals surface area contributed by atoms with Crippen molar-refractivity contribution in [3.63, 3.8) is 0 Å². The highest BCUT2D eigenvalue weighted by molar-refractivity contribution is 6.35. The standard InChI is InChI=1S/C14H18Cl2N2/c15-11-7-12(16)9-13(8-11)18-6-5-17-14(10-18)3-1-2-4-14/h7-9,17H,1-6,10H2. The number of nitrogens with one attached hydrogen (secondary N) is 1. The Labute approximate surface area is 118 Å². The van der Waals surface area contributed by atoms with Crippen LogP contribution in [0.3, 0.4) is 0 Å². The van der Waals surface area contributed by atoms with Crippen LogP contribution in [0.4, 0.5) is 5.69 Å². The van der Waals surface area contributed by atoms with Crippen molar-refractivity contribution in [2.75, 3.05) is 24.5 Å². The maximum Gasteiger partial charge on any atom is 0.0441 e. The zero-order valence-electron chi connectivity index (χ0n) is 10.4. The van der Waals surface area contributed by atoms with Crippen molar-refractivity contribution >= 4 is 28.9 Å². The van der Waals surface area contributed by atoms with E-state index in [4.69, 9.17) is 23.2 Å². The van der Waals surface area contributed by atoms with Crippen molar-refractivity contribution in [3.8, 4) is 0 Å². The summed E-state index contributed by atoms with van der Waals surface area (Å²) in [6.07, 6.45) is 5.27. The predicted octanol–water partition coefficient (Wildman–Crippen LogP) is 3.72. The number of anilines is 1. The van der Waals surface area contributed by atoms with Crippen molar-refractivity contribution in [1.29, 1.82) is 0 Å². The van der Waals surface area contributed by atoms with Gasteiger partial charge < -0.3 is 10.2 Å². The fourth-order valence-corrected chi connectivity index (χ4v) is 3.80. The van der Waals surface area contributed by atoms with Crippen molar-refractivity contribution in [3.05, 3.63) is 28.2 Å². The highest BCUT2D eigenvalue weighted by Crippen LogP contribution is 2.34. The summed E-state index contributed by atoms with van der Waals surface area (Å²) in [6, 6.07) is 5.82. The molecule has 98 valence electrons. The first-order chi connectivity index (χ1) is 8.67. The highest BCUT2D eigenvalue weighted by atomic mass is 35.5. The Morgan fingerprint density at radius 2 is 1.72 bits per heavy atom. The van der Waals surface area contributed by atoms with Crippen LogP contribution in [0.2, 0.25) is 10.0 Å². The van der Waals surface area contributed by atoms with Crippen LogP contribution in [-0.2, 0) is 0 Å². The number of rotatable bonds is 1. The third-order valence-electron chi connectivity index (χ3n) is 4.15. The normalized spacial score (nSPS) is 22.7. The van der Waals surface area contributed by atoms with Gasteiger partial charge in [0.05, 0.1) is 0 Å². The Balaban J connectivity index is 1.83. The maximum atomic E-state index is 6.09. The molecule has 0 bridgehead atoms. The Morgan fingerprint density at radius 3 is 2.39 bits per heavy atom. The molecule has 1 aromatic carbocycles. The van der Waals surface area contributed by atoms with E-state index in [1.807, 2.05) is 12.1 Å². The first-order valence-electron chi connectivity index (χ1n) is 6.63. The lowest BCUT2D eigenvalue weighted by Crippen LogP contribution is -2.59. The lowest BCUT2D eigenvalue weighted by Gasteiger charge is -2.42. The van der Waals surface area contributed by atoms with Gasteiger partial charge in [-0.2, -0.15) is 0 Å². The van der Waals surface area contributed by atoms with Crippen LogP contribution in [0.15, 0.2) is 18.2 Å². The van der Waals surface area contributed by atoms with E-state index >= 15 is 0 Å². The molecule has 0 amide bonds. The molecular formula is C14H18Cl2N2. The molecule has 1 aliphatic carbocycles. The van der Waals surface area contributed by atoms with Crippen molar-refractivity contribution in [1.82, 2.24) is 5.32 Å². The predicted molar refractivity (Wildman–Crippen MR) is 77.9 cm³/mol. The van der Waals surface area contributed by atoms with Gasteiger partial charge in [-0.3, -0.25) is 0 Å². The monoisotopic (exact) mass is 284 g/mol. The molecule has 1 saturated heterocycles. The molecule has 18 heavy (non-hydrogen) atoms. The lowest BCUT2D eigenvalue weighted by atomic mass is 9.94. The van der Waals surface area contributed by atoms with E-state index in [0.29, 0.717) is 5.54 Å². The average Bonchev–Trinajstić information content (AvgIpc) is 2.76. The molecule has 1 aliphatic heterocycles. The molecule has 2 fully saturated rings. The summed E-state index contributed by atoms with van der Waals surface area (Å²) in [6.45, 7) is 3.15. The van der Waals surface area contributed by atoms with Crippen LogP contribution < -0.4 is 10.2 Å². The van der Waals surface area contributed by atoms with Crippen molar-refractivity contribution in [2.24, 2.45) is 0 Å². The molecule has 0 atom stereocenters. The molecule has 4 heteroatoms. The molecule has 0 unspecified atom stereocenters. The number of hydrogen-bond donors (Lipinski definition) is 1. The lowest BCUT2D eigenvalue weighted by molar-refractivity contribution is 0.304. The van der Waals surface area contributed by atoms with E-state index < -0.39 is 0 Å². The molecular weight excluding hydrogens is 267 g/mol. The Hall–Kier alpha value is -0.440. The van der Waals surface area contributed by atoms with Gasteiger partial charge in [-0.25, -0.2) is 0 Å². The third kappa shape index (κ3) is 2.47. The number of halogens is 2. The van der Waals surface area contributed by atoms with Gasteiger partial charge in [0.2, 0.25) is 0 Å². The van der Waals surface area contributed by atoms with E-state index in [1.165, 1.54) is 25.7 Å². The van der Waals surface area contributed by atoms with Crippen LogP contribution in [0.25, 0.3) is 0 Å². The zero-order chi connectivity index (χ0) is 12.6. The first kappa shape index (κ1) is 12.6. The topological polar surface area (TPSA) is 15.3 Å². The molecule has 1 heterocycles. The summed E-state index contributed by atoms with van der Waals surface area (Å²) in [7, 11) is 0. The average molecular weight is 285 g/mol. The largest absolute Gasteiger partial charge is 0.368 e. The minimum atomic E-state index is 0.326. The summed E-state index contributed by atoms with van der Waals surface area (Å²) in [5.74, 6) is 0. The van der Waals surface area contributed by atoms with Crippen molar-refractivity contribution in [2.45, 2.75) is 31.2 Å². The number of piperazine rings is 1. The number of benzene rings is 1. The fourth-order valence-electron chi connectivity index (χ4n) is 3.29. The van der Waals surface area contributed by atoms with Gasteiger partial charge in [-0.05, 0) is 31.0 Å². The summed E-state index contributed by atoms with van der Waals surface area (Å²) >= 11 is 12.2. The summed E-state index contributed by atoms with van der Waals surface area (Å²) in [5, 5.41) is 5.15. The van der Waals surface area contributed by atoms with Crippen LogP contribution in [0, 0.1) is 0 Å². The summed E-state index contributed by atoms with van der Waals surface area (Å²) in [5.41, 5.74) is 1.48. The highest BCUT2D eigenvalue weighted by Gasteiger charge is 2.37. The quantitative estimate of drug-likeness (QED) is 0.846. The summed E-state index contributed by atoms with van der Waals surface area (Å²) < 4.78 is 0. The van der Waals surface area contributed by atoms with E-state index in [9.17, 15) is 0 Å². The van der Waals surface area contributed by atoms with Gasteiger partial charge >= 0.3 is 0 Å². The first-order valence-corrected chi connectivity index (χ1v) is 7.39. The van der Waals surface area contributed by atoms with E-state index in [2.05, 4.69) is 10.2 Å². The molecule has 1 saturated carbocycles. The van der Waals surface area contributed by atoms with Gasteiger partial charge in [0.25, 0.3) is 0 Å². The van der Waals surface area contributed by atoms with Crippen LogP contribution in [0.1, 0.15) is 25.7 Å². The molecule has 2 aliphatic rings. The van der Waals surface area contributed by atoms with E-state index in [0.717, 1.165) is 35.4 Å².